The van der Waals surface area contributed by atoms with Crippen molar-refractivity contribution in [3.8, 4) is 0 Å². The fraction of sp³-hybridized carbons (Fsp3) is 0.364. The van der Waals surface area contributed by atoms with Crippen LogP contribution >= 0.6 is 0 Å². The zero-order valence-corrected chi connectivity index (χ0v) is 17.3. The summed E-state index contributed by atoms with van der Waals surface area (Å²) in [4.78, 5) is 23.7. The number of carbonyl (C=O) groups excluding carboxylic acids is 1. The van der Waals surface area contributed by atoms with Gasteiger partial charge < -0.3 is 24.8 Å². The number of morpholine rings is 1. The number of benzene rings is 1. The van der Waals surface area contributed by atoms with Crippen LogP contribution in [0.1, 0.15) is 40.7 Å². The van der Waals surface area contributed by atoms with Crippen molar-refractivity contribution in [1.29, 1.82) is 0 Å². The van der Waals surface area contributed by atoms with Crippen LogP contribution in [0.4, 0.5) is 23.1 Å². The number of nitrogens with zero attached hydrogens (tertiary/aromatic N) is 4. The van der Waals surface area contributed by atoms with Crippen LogP contribution in [-0.2, 0) is 4.74 Å². The van der Waals surface area contributed by atoms with E-state index in [0.717, 1.165) is 48.9 Å². The molecule has 1 aliphatic carbocycles. The summed E-state index contributed by atoms with van der Waals surface area (Å²) in [6.45, 7) is 4.89. The Bertz CT molecular complexity index is 1070. The summed E-state index contributed by atoms with van der Waals surface area (Å²) >= 11 is 0. The van der Waals surface area contributed by atoms with Gasteiger partial charge in [0, 0.05) is 48.2 Å². The molecule has 1 saturated heterocycles. The van der Waals surface area contributed by atoms with Crippen molar-refractivity contribution in [1.82, 2.24) is 15.1 Å². The van der Waals surface area contributed by atoms with Gasteiger partial charge >= 0.3 is 0 Å². The van der Waals surface area contributed by atoms with Crippen LogP contribution in [0, 0.1) is 6.92 Å². The number of hydrogen-bond donors (Lipinski definition) is 2. The maximum atomic E-state index is 12.4. The van der Waals surface area contributed by atoms with Crippen LogP contribution in [0.2, 0.25) is 0 Å². The largest absolute Gasteiger partial charge is 0.378 e. The third kappa shape index (κ3) is 4.66. The highest BCUT2D eigenvalue weighted by molar-refractivity contribution is 6.02. The summed E-state index contributed by atoms with van der Waals surface area (Å²) in [5, 5.41) is 10.0. The van der Waals surface area contributed by atoms with Gasteiger partial charge in [-0.1, -0.05) is 5.16 Å². The van der Waals surface area contributed by atoms with E-state index in [1.54, 1.807) is 6.07 Å². The number of rotatable bonds is 6. The molecule has 9 nitrogen and oxygen atoms in total. The minimum atomic E-state index is -0.280. The van der Waals surface area contributed by atoms with Gasteiger partial charge in [-0.15, -0.1) is 0 Å². The Morgan fingerprint density at radius 3 is 2.55 bits per heavy atom. The van der Waals surface area contributed by atoms with E-state index in [1.807, 2.05) is 37.3 Å². The van der Waals surface area contributed by atoms with Crippen LogP contribution in [0.15, 0.2) is 40.9 Å². The standard InChI is InChI=1S/C22H24N6O3/c1-14-12-20(26-22(23-14)28-8-10-30-11-9-28)24-16-4-6-17(7-5-16)25-21(29)18-13-19(31-27-18)15-2-3-15/h4-7,12-13,15H,2-3,8-11H2,1H3,(H,25,29)(H,23,24,26). The van der Waals surface area contributed by atoms with E-state index in [1.165, 1.54) is 0 Å². The van der Waals surface area contributed by atoms with Crippen molar-refractivity contribution in [2.24, 2.45) is 0 Å². The molecular formula is C22H24N6O3. The zero-order chi connectivity index (χ0) is 21.2. The minimum Gasteiger partial charge on any atom is -0.378 e. The second-order valence-electron chi connectivity index (χ2n) is 7.84. The molecule has 2 N–H and O–H groups in total. The summed E-state index contributed by atoms with van der Waals surface area (Å²) in [7, 11) is 0. The van der Waals surface area contributed by atoms with E-state index in [9.17, 15) is 4.79 Å². The fourth-order valence-corrected chi connectivity index (χ4v) is 3.46. The first kappa shape index (κ1) is 19.5. The summed E-state index contributed by atoms with van der Waals surface area (Å²) < 4.78 is 10.7. The Kier molecular flexibility index (Phi) is 5.25. The minimum absolute atomic E-state index is 0.280. The highest BCUT2D eigenvalue weighted by Crippen LogP contribution is 2.40. The first-order valence-corrected chi connectivity index (χ1v) is 10.5. The fourth-order valence-electron chi connectivity index (χ4n) is 3.46. The quantitative estimate of drug-likeness (QED) is 0.624. The number of anilines is 4. The van der Waals surface area contributed by atoms with Crippen LogP contribution < -0.4 is 15.5 Å². The molecular weight excluding hydrogens is 396 g/mol. The molecule has 3 aromatic rings. The Balaban J connectivity index is 1.23. The lowest BCUT2D eigenvalue weighted by Gasteiger charge is -2.27. The number of aromatic nitrogens is 3. The molecule has 0 unspecified atom stereocenters. The predicted octanol–water partition coefficient (Wildman–Crippen LogP) is 3.48. The maximum absolute atomic E-state index is 12.4. The average Bonchev–Trinajstić information content (AvgIpc) is 3.51. The van der Waals surface area contributed by atoms with E-state index >= 15 is 0 Å². The number of amides is 1. The molecule has 1 aromatic carbocycles. The van der Waals surface area contributed by atoms with Gasteiger partial charge in [-0.05, 0) is 44.0 Å². The smallest absolute Gasteiger partial charge is 0.277 e. The molecule has 0 radical (unpaired) electrons. The molecule has 1 amide bonds. The number of aryl methyl sites for hydroxylation is 1. The number of carbonyl (C=O) groups is 1. The van der Waals surface area contributed by atoms with Gasteiger partial charge in [0.05, 0.1) is 13.2 Å². The van der Waals surface area contributed by atoms with Crippen molar-refractivity contribution in [3.05, 3.63) is 53.5 Å². The van der Waals surface area contributed by atoms with Gasteiger partial charge in [0.25, 0.3) is 5.91 Å². The molecule has 9 heteroatoms. The highest BCUT2D eigenvalue weighted by atomic mass is 16.5. The monoisotopic (exact) mass is 420 g/mol. The van der Waals surface area contributed by atoms with Gasteiger partial charge in [0.1, 0.15) is 11.6 Å². The normalized spacial score (nSPS) is 16.2. The molecule has 0 bridgehead atoms. The summed E-state index contributed by atoms with van der Waals surface area (Å²) in [5.74, 6) is 2.36. The van der Waals surface area contributed by atoms with Gasteiger partial charge in [-0.3, -0.25) is 4.79 Å². The Morgan fingerprint density at radius 1 is 1.06 bits per heavy atom. The number of nitrogens with one attached hydrogen (secondary N) is 2. The van der Waals surface area contributed by atoms with Crippen molar-refractivity contribution in [2.45, 2.75) is 25.7 Å². The Morgan fingerprint density at radius 2 is 1.81 bits per heavy atom. The molecule has 1 saturated carbocycles. The Hall–Kier alpha value is -3.46. The zero-order valence-electron chi connectivity index (χ0n) is 17.3. The second kappa shape index (κ2) is 8.35. The molecule has 160 valence electrons. The molecule has 31 heavy (non-hydrogen) atoms. The molecule has 0 atom stereocenters. The predicted molar refractivity (Wildman–Crippen MR) is 116 cm³/mol. The van der Waals surface area contributed by atoms with E-state index < -0.39 is 0 Å². The van der Waals surface area contributed by atoms with E-state index in [4.69, 9.17) is 9.26 Å². The van der Waals surface area contributed by atoms with Crippen molar-refractivity contribution >= 4 is 29.0 Å². The van der Waals surface area contributed by atoms with E-state index in [0.29, 0.717) is 36.5 Å². The molecule has 2 fully saturated rings. The lowest BCUT2D eigenvalue weighted by molar-refractivity contribution is 0.101. The molecule has 3 heterocycles. The lowest BCUT2D eigenvalue weighted by Crippen LogP contribution is -2.37. The average molecular weight is 420 g/mol. The molecule has 5 rings (SSSR count). The van der Waals surface area contributed by atoms with Crippen LogP contribution in [0.5, 0.6) is 0 Å². The van der Waals surface area contributed by atoms with E-state index in [-0.39, 0.29) is 5.91 Å². The third-order valence-corrected chi connectivity index (χ3v) is 5.29. The van der Waals surface area contributed by atoms with E-state index in [2.05, 4.69) is 30.7 Å². The summed E-state index contributed by atoms with van der Waals surface area (Å²) in [6, 6.07) is 11.1. The molecule has 0 spiro atoms. The Labute approximate surface area is 179 Å². The maximum Gasteiger partial charge on any atom is 0.277 e. The first-order valence-electron chi connectivity index (χ1n) is 10.5. The second-order valence-corrected chi connectivity index (χ2v) is 7.84. The molecule has 2 aromatic heterocycles. The number of ether oxygens (including phenoxy) is 1. The SMILES string of the molecule is Cc1cc(Nc2ccc(NC(=O)c3cc(C4CC4)on3)cc2)nc(N2CCOCC2)n1. The van der Waals surface area contributed by atoms with Crippen LogP contribution in [0.25, 0.3) is 0 Å². The van der Waals surface area contributed by atoms with Gasteiger partial charge in [0.2, 0.25) is 5.95 Å². The summed E-state index contributed by atoms with van der Waals surface area (Å²) in [6.07, 6.45) is 2.20. The third-order valence-electron chi connectivity index (χ3n) is 5.29. The van der Waals surface area contributed by atoms with Gasteiger partial charge in [0.15, 0.2) is 5.69 Å². The van der Waals surface area contributed by atoms with Crippen molar-refractivity contribution in [3.63, 3.8) is 0 Å². The van der Waals surface area contributed by atoms with Crippen LogP contribution in [-0.4, -0.2) is 47.3 Å². The summed E-state index contributed by atoms with van der Waals surface area (Å²) in [5.41, 5.74) is 2.73. The van der Waals surface area contributed by atoms with Gasteiger partial charge in [-0.25, -0.2) is 4.98 Å². The molecule has 1 aliphatic heterocycles. The van der Waals surface area contributed by atoms with Crippen molar-refractivity contribution in [2.75, 3.05) is 41.8 Å². The first-order chi connectivity index (χ1) is 15.1. The highest BCUT2D eigenvalue weighted by Gasteiger charge is 2.28. The lowest BCUT2D eigenvalue weighted by atomic mass is 10.2. The van der Waals surface area contributed by atoms with Crippen LogP contribution in [0.3, 0.4) is 0 Å². The van der Waals surface area contributed by atoms with Crippen molar-refractivity contribution < 1.29 is 14.1 Å². The molecule has 2 aliphatic rings. The topological polar surface area (TPSA) is 105 Å². The number of hydrogen-bond acceptors (Lipinski definition) is 8. The van der Waals surface area contributed by atoms with Gasteiger partial charge in [-0.2, -0.15) is 4.98 Å².